The van der Waals surface area contributed by atoms with Crippen LogP contribution >= 0.6 is 0 Å². The van der Waals surface area contributed by atoms with E-state index in [2.05, 4.69) is 18.1 Å². The highest BCUT2D eigenvalue weighted by Crippen LogP contribution is 2.49. The molecule has 9 nitrogen and oxygen atoms in total. The minimum Gasteiger partial charge on any atom is -0.465 e. The number of aromatic nitrogens is 1. The normalized spacial score (nSPS) is 16.1. The Balaban J connectivity index is 2.50. The molecule has 0 saturated carbocycles. The molecular weight excluding hydrogens is 548 g/mol. The zero-order valence-electron chi connectivity index (χ0n) is 18.3. The molecule has 1 aromatic carbocycles. The van der Waals surface area contributed by atoms with Gasteiger partial charge in [-0.15, -0.1) is 0 Å². The third-order valence-corrected chi connectivity index (χ3v) is 6.93. The Bertz CT molecular complexity index is 1450. The van der Waals surface area contributed by atoms with Crippen LogP contribution in [0.2, 0.25) is 0 Å². The van der Waals surface area contributed by atoms with Crippen molar-refractivity contribution in [3.63, 3.8) is 0 Å². The summed E-state index contributed by atoms with van der Waals surface area (Å²) in [5.74, 6) is -5.78. The molecule has 0 saturated heterocycles. The van der Waals surface area contributed by atoms with Crippen molar-refractivity contribution in [2.24, 2.45) is 0 Å². The van der Waals surface area contributed by atoms with E-state index in [4.69, 9.17) is 0 Å². The first-order valence-corrected chi connectivity index (χ1v) is 12.4. The molecule has 0 amide bonds. The topological polar surface area (TPSA) is 126 Å². The van der Waals surface area contributed by atoms with E-state index >= 15 is 0 Å². The van der Waals surface area contributed by atoms with Gasteiger partial charge in [-0.2, -0.15) is 43.2 Å². The number of carbonyl (C=O) groups excluding carboxylic acids is 1. The molecule has 0 N–H and O–H groups in total. The van der Waals surface area contributed by atoms with Gasteiger partial charge in [0.1, 0.15) is 0 Å². The van der Waals surface area contributed by atoms with E-state index in [0.717, 1.165) is 0 Å². The van der Waals surface area contributed by atoms with Crippen molar-refractivity contribution in [1.29, 1.82) is 0 Å². The lowest BCUT2D eigenvalue weighted by molar-refractivity contribution is -0.0503. The summed E-state index contributed by atoms with van der Waals surface area (Å²) in [6, 6.07) is 4.66. The Hall–Kier alpha value is -3.08. The van der Waals surface area contributed by atoms with E-state index in [1.807, 2.05) is 0 Å². The van der Waals surface area contributed by atoms with Gasteiger partial charge in [-0.05, 0) is 30.9 Å². The van der Waals surface area contributed by atoms with Gasteiger partial charge in [0.05, 0.1) is 12.8 Å². The number of hydrogen-bond donors (Lipinski definition) is 0. The molecule has 2 aromatic rings. The van der Waals surface area contributed by atoms with E-state index in [1.54, 1.807) is 19.1 Å². The van der Waals surface area contributed by atoms with Gasteiger partial charge < -0.3 is 13.1 Å². The van der Waals surface area contributed by atoms with Gasteiger partial charge in [-0.3, -0.25) is 0 Å². The number of methoxy groups -OCH3 is 1. The van der Waals surface area contributed by atoms with Crippen LogP contribution in [-0.2, 0) is 31.4 Å². The second-order valence-electron chi connectivity index (χ2n) is 7.61. The summed E-state index contributed by atoms with van der Waals surface area (Å²) < 4.78 is 138. The molecule has 36 heavy (non-hydrogen) atoms. The highest BCUT2D eigenvalue weighted by atomic mass is 32.2. The average molecular weight is 563 g/mol. The van der Waals surface area contributed by atoms with Gasteiger partial charge in [-0.25, -0.2) is 9.78 Å². The molecule has 1 heterocycles. The van der Waals surface area contributed by atoms with E-state index < -0.39 is 71.6 Å². The molecule has 1 unspecified atom stereocenters. The molecule has 0 aliphatic heterocycles. The number of esters is 1. The number of benzene rings is 1. The van der Waals surface area contributed by atoms with Crippen LogP contribution in [0.15, 0.2) is 18.2 Å². The molecule has 0 fully saturated rings. The predicted octanol–water partition coefficient (Wildman–Crippen LogP) is 3.96. The second-order valence-corrected chi connectivity index (χ2v) is 10.7. The van der Waals surface area contributed by atoms with Crippen molar-refractivity contribution in [2.75, 3.05) is 7.11 Å². The van der Waals surface area contributed by atoms with Crippen LogP contribution in [0.4, 0.5) is 26.3 Å². The maximum absolute atomic E-state index is 13.2. The summed E-state index contributed by atoms with van der Waals surface area (Å²) in [7, 11) is -12.4. The Kier molecular flexibility index (Phi) is 6.72. The van der Waals surface area contributed by atoms with Crippen LogP contribution in [0.1, 0.15) is 39.9 Å². The molecule has 1 aromatic heterocycles. The average Bonchev–Trinajstić information content (AvgIpc) is 2.71. The summed E-state index contributed by atoms with van der Waals surface area (Å²) >= 11 is 0. The largest absolute Gasteiger partial charge is 0.534 e. The van der Waals surface area contributed by atoms with Crippen LogP contribution in [0.5, 0.6) is 11.6 Å². The second kappa shape index (κ2) is 8.79. The number of carbonyl (C=O) groups is 1. The third-order valence-electron chi connectivity index (χ3n) is 5.03. The monoisotopic (exact) mass is 563 g/mol. The molecule has 1 aliphatic carbocycles. The smallest absolute Gasteiger partial charge is 0.465 e. The number of aryl methyl sites for hydroxylation is 1. The molecule has 1 aliphatic rings. The standard InChI is InChI=1S/C19H15F6NO8S2/c1-8-4-5-10-7-9(2)12-14(11(10)6-8)26-16(34-36(30,31)19(23,24)25)13(17(27)32-3)15(12)33-35(28,29)18(20,21)22/h4-6,9H,7H2,1-3H3. The molecule has 0 radical (unpaired) electrons. The van der Waals surface area contributed by atoms with Crippen molar-refractivity contribution < 1.29 is 61.1 Å². The van der Waals surface area contributed by atoms with E-state index in [1.165, 1.54) is 13.0 Å². The number of ether oxygens (including phenoxy) is 1. The lowest BCUT2D eigenvalue weighted by atomic mass is 9.80. The van der Waals surface area contributed by atoms with Crippen LogP contribution < -0.4 is 8.37 Å². The van der Waals surface area contributed by atoms with Crippen molar-refractivity contribution in [3.8, 4) is 22.9 Å². The number of alkyl halides is 6. The fraction of sp³-hybridized carbons (Fsp3) is 0.368. The Morgan fingerprint density at radius 2 is 1.56 bits per heavy atom. The summed E-state index contributed by atoms with van der Waals surface area (Å²) in [5, 5.41) is 0. The zero-order valence-corrected chi connectivity index (χ0v) is 19.9. The molecule has 0 spiro atoms. The molecule has 0 bridgehead atoms. The maximum atomic E-state index is 13.2. The van der Waals surface area contributed by atoms with Crippen molar-refractivity contribution in [1.82, 2.24) is 4.98 Å². The van der Waals surface area contributed by atoms with E-state index in [9.17, 15) is 48.0 Å². The lowest BCUT2D eigenvalue weighted by Gasteiger charge is -2.28. The number of hydrogen-bond acceptors (Lipinski definition) is 9. The molecule has 1 atom stereocenters. The number of nitrogens with zero attached hydrogens (tertiary/aromatic N) is 1. The Morgan fingerprint density at radius 1 is 1.00 bits per heavy atom. The minimum atomic E-state index is -6.53. The zero-order chi connectivity index (χ0) is 27.4. The van der Waals surface area contributed by atoms with Crippen molar-refractivity contribution in [2.45, 2.75) is 37.2 Å². The van der Waals surface area contributed by atoms with Crippen molar-refractivity contribution in [3.05, 3.63) is 40.5 Å². The highest BCUT2D eigenvalue weighted by Gasteiger charge is 2.52. The van der Waals surface area contributed by atoms with E-state index in [0.29, 0.717) is 18.2 Å². The predicted molar refractivity (Wildman–Crippen MR) is 109 cm³/mol. The van der Waals surface area contributed by atoms with Gasteiger partial charge in [0, 0.05) is 11.1 Å². The Labute approximate surface area is 200 Å². The van der Waals surface area contributed by atoms with Crippen molar-refractivity contribution >= 4 is 26.2 Å². The summed E-state index contributed by atoms with van der Waals surface area (Å²) in [5.41, 5.74) is -13.3. The van der Waals surface area contributed by atoms with Gasteiger partial charge in [-0.1, -0.05) is 24.6 Å². The highest BCUT2D eigenvalue weighted by molar-refractivity contribution is 7.88. The molecule has 17 heteroatoms. The quantitative estimate of drug-likeness (QED) is 0.230. The fourth-order valence-electron chi connectivity index (χ4n) is 3.48. The number of rotatable bonds is 5. The summed E-state index contributed by atoms with van der Waals surface area (Å²) in [6.07, 6.45) is 0.0639. The van der Waals surface area contributed by atoms with Crippen LogP contribution in [0.3, 0.4) is 0 Å². The van der Waals surface area contributed by atoms with Gasteiger partial charge in [0.25, 0.3) is 5.88 Å². The van der Waals surface area contributed by atoms with Crippen LogP contribution in [0, 0.1) is 6.92 Å². The first kappa shape index (κ1) is 27.5. The lowest BCUT2D eigenvalue weighted by Crippen LogP contribution is -2.31. The van der Waals surface area contributed by atoms with Gasteiger partial charge >= 0.3 is 37.2 Å². The number of halogens is 6. The molecular formula is C19H15F6NO8S2. The minimum absolute atomic E-state index is 0.0639. The first-order valence-electron chi connectivity index (χ1n) is 9.58. The number of pyridine rings is 1. The van der Waals surface area contributed by atoms with Gasteiger partial charge in [0.2, 0.25) is 0 Å². The molecule has 198 valence electrons. The molecule has 3 rings (SSSR count). The van der Waals surface area contributed by atoms with E-state index in [-0.39, 0.29) is 12.0 Å². The summed E-state index contributed by atoms with van der Waals surface area (Å²) in [6.45, 7) is 2.99. The first-order chi connectivity index (χ1) is 16.3. The SMILES string of the molecule is COC(=O)c1c(OS(=O)(=O)C(F)(F)F)nc2c(c1OS(=O)(=O)C(F)(F)F)C(C)Cc1ccc(C)cc1-2. The third kappa shape index (κ3) is 4.80. The van der Waals surface area contributed by atoms with Crippen LogP contribution in [0.25, 0.3) is 11.3 Å². The summed E-state index contributed by atoms with van der Waals surface area (Å²) in [4.78, 5) is 16.2. The maximum Gasteiger partial charge on any atom is 0.534 e. The Morgan fingerprint density at radius 3 is 2.08 bits per heavy atom. The van der Waals surface area contributed by atoms with Crippen LogP contribution in [-0.4, -0.2) is 45.9 Å². The fourth-order valence-corrected chi connectivity index (χ4v) is 4.39. The van der Waals surface area contributed by atoms with Gasteiger partial charge in [0.15, 0.2) is 11.3 Å². The number of fused-ring (bicyclic) bond motifs is 3.